The van der Waals surface area contributed by atoms with Crippen LogP contribution in [0.15, 0.2) is 29.6 Å². The molecule has 0 spiro atoms. The largest absolute Gasteiger partial charge is 0.476 e. The Kier molecular flexibility index (Phi) is 4.64. The summed E-state index contributed by atoms with van der Waals surface area (Å²) in [5, 5.41) is 14.0. The first-order valence-corrected chi connectivity index (χ1v) is 8.54. The van der Waals surface area contributed by atoms with Gasteiger partial charge in [0, 0.05) is 24.6 Å². The lowest BCUT2D eigenvalue weighted by Gasteiger charge is -2.38. The molecule has 1 heterocycles. The number of benzene rings is 1. The maximum atomic E-state index is 12.3. The number of amides is 1. The number of methoxy groups -OCH3 is 1. The van der Waals surface area contributed by atoms with Crippen molar-refractivity contribution in [2.24, 2.45) is 0 Å². The van der Waals surface area contributed by atoms with Gasteiger partial charge in [0.25, 0.3) is 5.91 Å². The highest BCUT2D eigenvalue weighted by Crippen LogP contribution is 2.35. The molecule has 2 N–H and O–H groups in total. The molecule has 1 aliphatic carbocycles. The Bertz CT molecular complexity index is 762. The van der Waals surface area contributed by atoms with Crippen LogP contribution in [-0.4, -0.2) is 34.7 Å². The Morgan fingerprint density at radius 1 is 1.42 bits per heavy atom. The van der Waals surface area contributed by atoms with Crippen LogP contribution in [-0.2, 0) is 16.1 Å². The lowest BCUT2D eigenvalue weighted by molar-refractivity contribution is -0.154. The Morgan fingerprint density at radius 2 is 2.21 bits per heavy atom. The first kappa shape index (κ1) is 16.6. The zero-order chi connectivity index (χ0) is 17.2. The van der Waals surface area contributed by atoms with Gasteiger partial charge in [-0.05, 0) is 30.9 Å². The standard InChI is InChI=1S/C17H18N2O4S/c1-23-17(6-3-7-17)16(22)18-9-11-4-2-5-12(8-11)14-19-13(10-24-14)15(20)21/h2,4-5,8,10H,3,6-7,9H2,1H3,(H,18,22)(H,20,21). The lowest BCUT2D eigenvalue weighted by atomic mass is 9.79. The lowest BCUT2D eigenvalue weighted by Crippen LogP contribution is -2.52. The number of carbonyl (C=O) groups is 2. The van der Waals surface area contributed by atoms with Gasteiger partial charge in [-0.25, -0.2) is 9.78 Å². The predicted octanol–water partition coefficient (Wildman–Crippen LogP) is 2.69. The average molecular weight is 346 g/mol. The number of carboxylic acids is 1. The summed E-state index contributed by atoms with van der Waals surface area (Å²) >= 11 is 1.29. The van der Waals surface area contributed by atoms with Crippen molar-refractivity contribution in [2.45, 2.75) is 31.4 Å². The van der Waals surface area contributed by atoms with Crippen molar-refractivity contribution in [3.8, 4) is 10.6 Å². The van der Waals surface area contributed by atoms with Crippen LogP contribution in [0.5, 0.6) is 0 Å². The highest BCUT2D eigenvalue weighted by Gasteiger charge is 2.44. The molecule has 3 rings (SSSR count). The van der Waals surface area contributed by atoms with E-state index in [1.165, 1.54) is 16.7 Å². The maximum Gasteiger partial charge on any atom is 0.355 e. The van der Waals surface area contributed by atoms with E-state index in [1.807, 2.05) is 24.3 Å². The van der Waals surface area contributed by atoms with Gasteiger partial charge in [-0.2, -0.15) is 0 Å². The average Bonchev–Trinajstić information content (AvgIpc) is 3.03. The minimum Gasteiger partial charge on any atom is -0.476 e. The smallest absolute Gasteiger partial charge is 0.355 e. The van der Waals surface area contributed by atoms with Crippen molar-refractivity contribution in [1.82, 2.24) is 10.3 Å². The summed E-state index contributed by atoms with van der Waals surface area (Å²) in [7, 11) is 1.57. The fourth-order valence-corrected chi connectivity index (χ4v) is 3.47. The first-order valence-electron chi connectivity index (χ1n) is 7.66. The summed E-state index contributed by atoms with van der Waals surface area (Å²) in [6, 6.07) is 7.56. The molecule has 126 valence electrons. The molecule has 24 heavy (non-hydrogen) atoms. The molecule has 1 saturated carbocycles. The van der Waals surface area contributed by atoms with Crippen LogP contribution in [0, 0.1) is 0 Å². The molecule has 0 bridgehead atoms. The van der Waals surface area contributed by atoms with Crippen LogP contribution in [0.1, 0.15) is 35.3 Å². The van der Waals surface area contributed by atoms with Crippen molar-refractivity contribution in [3.63, 3.8) is 0 Å². The van der Waals surface area contributed by atoms with Crippen molar-refractivity contribution in [1.29, 1.82) is 0 Å². The molecule has 0 radical (unpaired) electrons. The number of rotatable bonds is 6. The van der Waals surface area contributed by atoms with E-state index < -0.39 is 11.6 Å². The summed E-state index contributed by atoms with van der Waals surface area (Å²) in [6.07, 6.45) is 2.52. The first-order chi connectivity index (χ1) is 11.5. The van der Waals surface area contributed by atoms with Crippen LogP contribution in [0.2, 0.25) is 0 Å². The number of nitrogens with zero attached hydrogens (tertiary/aromatic N) is 1. The van der Waals surface area contributed by atoms with Gasteiger partial charge in [-0.15, -0.1) is 11.3 Å². The number of thiazole rings is 1. The van der Waals surface area contributed by atoms with E-state index in [4.69, 9.17) is 9.84 Å². The van der Waals surface area contributed by atoms with Gasteiger partial charge in [0.05, 0.1) is 0 Å². The Hall–Kier alpha value is -2.25. The minimum absolute atomic E-state index is 0.0423. The summed E-state index contributed by atoms with van der Waals surface area (Å²) < 4.78 is 5.37. The fourth-order valence-electron chi connectivity index (χ4n) is 2.68. The number of hydrogen-bond acceptors (Lipinski definition) is 5. The molecule has 0 saturated heterocycles. The van der Waals surface area contributed by atoms with E-state index in [-0.39, 0.29) is 11.6 Å². The molecule has 1 fully saturated rings. The second-order valence-electron chi connectivity index (χ2n) is 5.78. The van der Waals surface area contributed by atoms with Gasteiger partial charge < -0.3 is 15.2 Å². The van der Waals surface area contributed by atoms with E-state index in [9.17, 15) is 9.59 Å². The molecule has 1 aromatic heterocycles. The summed E-state index contributed by atoms with van der Waals surface area (Å²) in [4.78, 5) is 27.3. The topological polar surface area (TPSA) is 88.5 Å². The maximum absolute atomic E-state index is 12.3. The third-order valence-electron chi connectivity index (χ3n) is 4.32. The van der Waals surface area contributed by atoms with Crippen LogP contribution in [0.3, 0.4) is 0 Å². The Balaban J connectivity index is 1.69. The normalized spacial score (nSPS) is 15.5. The number of ether oxygens (including phenoxy) is 1. The minimum atomic E-state index is -1.04. The SMILES string of the molecule is COC1(C(=O)NCc2cccc(-c3nc(C(=O)O)cs3)c2)CCC1. The van der Waals surface area contributed by atoms with E-state index in [0.717, 1.165) is 30.4 Å². The summed E-state index contributed by atoms with van der Waals surface area (Å²) in [6.45, 7) is 0.398. The second kappa shape index (κ2) is 6.70. The van der Waals surface area contributed by atoms with E-state index in [1.54, 1.807) is 7.11 Å². The molecule has 0 unspecified atom stereocenters. The van der Waals surface area contributed by atoms with Gasteiger partial charge in [0.2, 0.25) is 0 Å². The summed E-state index contributed by atoms with van der Waals surface area (Å²) in [5.74, 6) is -1.12. The van der Waals surface area contributed by atoms with Gasteiger partial charge in [0.1, 0.15) is 10.6 Å². The molecule has 7 heteroatoms. The van der Waals surface area contributed by atoms with Crippen LogP contribution >= 0.6 is 11.3 Å². The van der Waals surface area contributed by atoms with Crippen molar-refractivity contribution in [3.05, 3.63) is 40.9 Å². The third kappa shape index (κ3) is 3.18. The number of nitrogens with one attached hydrogen (secondary N) is 1. The van der Waals surface area contributed by atoms with Crippen LogP contribution in [0.25, 0.3) is 10.6 Å². The predicted molar refractivity (Wildman–Crippen MR) is 89.9 cm³/mol. The number of carboxylic acid groups (broad SMARTS) is 1. The van der Waals surface area contributed by atoms with Gasteiger partial charge >= 0.3 is 5.97 Å². The molecule has 1 aliphatic rings. The zero-order valence-electron chi connectivity index (χ0n) is 13.2. The number of carbonyl (C=O) groups excluding carboxylic acids is 1. The number of hydrogen-bond donors (Lipinski definition) is 2. The Labute approximate surface area is 143 Å². The van der Waals surface area contributed by atoms with Crippen molar-refractivity contribution < 1.29 is 19.4 Å². The summed E-state index contributed by atoms with van der Waals surface area (Å²) in [5.41, 5.74) is 1.15. The van der Waals surface area contributed by atoms with Gasteiger partial charge in [-0.3, -0.25) is 4.79 Å². The molecule has 2 aromatic rings. The third-order valence-corrected chi connectivity index (χ3v) is 5.21. The number of aromatic nitrogens is 1. The second-order valence-corrected chi connectivity index (χ2v) is 6.64. The fraction of sp³-hybridized carbons (Fsp3) is 0.353. The molecular formula is C17H18N2O4S. The molecule has 1 amide bonds. The van der Waals surface area contributed by atoms with E-state index in [2.05, 4.69) is 10.3 Å². The number of aromatic carboxylic acids is 1. The highest BCUT2D eigenvalue weighted by atomic mass is 32.1. The monoisotopic (exact) mass is 346 g/mol. The quantitative estimate of drug-likeness (QED) is 0.839. The van der Waals surface area contributed by atoms with Crippen LogP contribution in [0.4, 0.5) is 0 Å². The van der Waals surface area contributed by atoms with E-state index >= 15 is 0 Å². The van der Waals surface area contributed by atoms with Crippen molar-refractivity contribution in [2.75, 3.05) is 7.11 Å². The molecular weight excluding hydrogens is 328 g/mol. The molecule has 6 nitrogen and oxygen atoms in total. The van der Waals surface area contributed by atoms with Gasteiger partial charge in [-0.1, -0.05) is 18.2 Å². The van der Waals surface area contributed by atoms with Crippen LogP contribution < -0.4 is 5.32 Å². The zero-order valence-corrected chi connectivity index (χ0v) is 14.1. The van der Waals surface area contributed by atoms with Crippen molar-refractivity contribution >= 4 is 23.2 Å². The Morgan fingerprint density at radius 3 is 2.79 bits per heavy atom. The molecule has 0 atom stereocenters. The molecule has 1 aromatic carbocycles. The van der Waals surface area contributed by atoms with Gasteiger partial charge in [0.15, 0.2) is 5.69 Å². The molecule has 0 aliphatic heterocycles. The highest BCUT2D eigenvalue weighted by molar-refractivity contribution is 7.13. The van der Waals surface area contributed by atoms with E-state index in [0.29, 0.717) is 11.6 Å².